The first kappa shape index (κ1) is 16.8. The molecule has 1 atom stereocenters. The third-order valence-electron chi connectivity index (χ3n) is 4.31. The maximum Gasteiger partial charge on any atom is 0.251 e. The lowest BCUT2D eigenvalue weighted by Crippen LogP contribution is -2.34. The lowest BCUT2D eigenvalue weighted by Gasteiger charge is -2.20. The lowest BCUT2D eigenvalue weighted by atomic mass is 10.1. The molecule has 128 valence electrons. The summed E-state index contributed by atoms with van der Waals surface area (Å²) >= 11 is 6.39. The number of aryl methyl sites for hydroxylation is 1. The number of H-pyrrole nitrogens is 1. The highest BCUT2D eigenvalue weighted by molar-refractivity contribution is 6.33. The van der Waals surface area contributed by atoms with Crippen molar-refractivity contribution >= 4 is 23.2 Å². The van der Waals surface area contributed by atoms with E-state index in [0.717, 1.165) is 30.2 Å². The summed E-state index contributed by atoms with van der Waals surface area (Å²) in [5.74, 6) is -0.107. The fourth-order valence-corrected chi connectivity index (χ4v) is 3.41. The van der Waals surface area contributed by atoms with Gasteiger partial charge in [-0.3, -0.25) is 9.89 Å². The summed E-state index contributed by atoms with van der Waals surface area (Å²) in [4.78, 5) is 14.7. The number of rotatable bonds is 5. The fourth-order valence-electron chi connectivity index (χ4n) is 3.11. The largest absolute Gasteiger partial charge is 0.370 e. The molecule has 0 aliphatic carbocycles. The van der Waals surface area contributed by atoms with Crippen LogP contribution in [-0.2, 0) is 6.42 Å². The van der Waals surface area contributed by atoms with Gasteiger partial charge in [-0.2, -0.15) is 5.10 Å². The van der Waals surface area contributed by atoms with E-state index in [1.54, 1.807) is 6.07 Å². The van der Waals surface area contributed by atoms with Crippen molar-refractivity contribution in [2.24, 2.45) is 0 Å². The number of nitrogens with one attached hydrogen (secondary N) is 2. The highest BCUT2D eigenvalue weighted by atomic mass is 35.5. The molecule has 5 nitrogen and oxygen atoms in total. The number of halogens is 1. The molecular formula is C18H23ClN4O. The van der Waals surface area contributed by atoms with Gasteiger partial charge in [0, 0.05) is 36.8 Å². The number of aromatic amines is 1. The Bertz CT molecular complexity index is 722. The van der Waals surface area contributed by atoms with E-state index in [1.807, 2.05) is 32.0 Å². The van der Waals surface area contributed by atoms with Crippen LogP contribution in [0, 0.1) is 6.92 Å². The number of nitrogens with zero attached hydrogens (tertiary/aromatic N) is 2. The van der Waals surface area contributed by atoms with Gasteiger partial charge in [0.2, 0.25) is 0 Å². The van der Waals surface area contributed by atoms with Crippen molar-refractivity contribution in [3.05, 3.63) is 46.2 Å². The van der Waals surface area contributed by atoms with Gasteiger partial charge in [0.05, 0.1) is 16.4 Å². The third-order valence-corrected chi connectivity index (χ3v) is 4.61. The SMILES string of the molecule is Cc1cc(CC(C)NC(=O)c2ccc(N3CCCC3)c(Cl)c2)n[nH]1. The van der Waals surface area contributed by atoms with Gasteiger partial charge in [-0.05, 0) is 51.0 Å². The highest BCUT2D eigenvalue weighted by Gasteiger charge is 2.17. The predicted molar refractivity (Wildman–Crippen MR) is 96.9 cm³/mol. The minimum atomic E-state index is -0.107. The number of anilines is 1. The Kier molecular flexibility index (Phi) is 5.09. The number of carbonyl (C=O) groups excluding carboxylic acids is 1. The van der Waals surface area contributed by atoms with Crippen molar-refractivity contribution in [1.29, 1.82) is 0 Å². The molecule has 1 aliphatic heterocycles. The molecule has 1 fully saturated rings. The second-order valence-corrected chi connectivity index (χ2v) is 6.89. The Morgan fingerprint density at radius 2 is 2.12 bits per heavy atom. The second-order valence-electron chi connectivity index (χ2n) is 6.48. The molecule has 2 aromatic rings. The average Bonchev–Trinajstić information content (AvgIpc) is 3.19. The molecule has 0 saturated carbocycles. The Morgan fingerprint density at radius 3 is 2.75 bits per heavy atom. The number of aromatic nitrogens is 2. The molecule has 1 amide bonds. The van der Waals surface area contributed by atoms with Crippen molar-refractivity contribution in [2.75, 3.05) is 18.0 Å². The van der Waals surface area contributed by atoms with Gasteiger partial charge < -0.3 is 10.2 Å². The Labute approximate surface area is 147 Å². The van der Waals surface area contributed by atoms with Crippen LogP contribution in [0.1, 0.15) is 41.5 Å². The number of hydrogen-bond acceptors (Lipinski definition) is 3. The monoisotopic (exact) mass is 346 g/mol. The number of amides is 1. The third kappa shape index (κ3) is 3.90. The van der Waals surface area contributed by atoms with Crippen molar-refractivity contribution in [1.82, 2.24) is 15.5 Å². The van der Waals surface area contributed by atoms with Crippen molar-refractivity contribution < 1.29 is 4.79 Å². The summed E-state index contributed by atoms with van der Waals surface area (Å²) in [5.41, 5.74) is 3.58. The summed E-state index contributed by atoms with van der Waals surface area (Å²) in [6, 6.07) is 7.54. The van der Waals surface area contributed by atoms with Gasteiger partial charge in [0.15, 0.2) is 0 Å². The molecular weight excluding hydrogens is 324 g/mol. The zero-order valence-electron chi connectivity index (χ0n) is 14.1. The molecule has 0 radical (unpaired) electrons. The van der Waals surface area contributed by atoms with Crippen LogP contribution in [0.2, 0.25) is 5.02 Å². The average molecular weight is 347 g/mol. The van der Waals surface area contributed by atoms with Crippen molar-refractivity contribution in [3.63, 3.8) is 0 Å². The van der Waals surface area contributed by atoms with Crippen LogP contribution in [0.5, 0.6) is 0 Å². The smallest absolute Gasteiger partial charge is 0.251 e. The molecule has 1 aliphatic rings. The van der Waals surface area contributed by atoms with Crippen molar-refractivity contribution in [3.8, 4) is 0 Å². The van der Waals surface area contributed by atoms with E-state index < -0.39 is 0 Å². The molecule has 6 heteroatoms. The van der Waals surface area contributed by atoms with Crippen LogP contribution >= 0.6 is 11.6 Å². The first-order valence-corrected chi connectivity index (χ1v) is 8.77. The Morgan fingerprint density at radius 1 is 1.38 bits per heavy atom. The van der Waals surface area contributed by atoms with E-state index in [9.17, 15) is 4.79 Å². The van der Waals surface area contributed by atoms with Crippen LogP contribution in [0.3, 0.4) is 0 Å². The minimum absolute atomic E-state index is 0.00256. The highest BCUT2D eigenvalue weighted by Crippen LogP contribution is 2.29. The zero-order valence-corrected chi connectivity index (χ0v) is 14.9. The number of hydrogen-bond donors (Lipinski definition) is 2. The number of carbonyl (C=O) groups is 1. The second kappa shape index (κ2) is 7.26. The van der Waals surface area contributed by atoms with E-state index >= 15 is 0 Å². The van der Waals surface area contributed by atoms with E-state index in [0.29, 0.717) is 17.0 Å². The molecule has 0 bridgehead atoms. The van der Waals surface area contributed by atoms with Gasteiger partial charge in [0.1, 0.15) is 0 Å². The zero-order chi connectivity index (χ0) is 17.1. The standard InChI is InChI=1S/C18H23ClN4O/c1-12(9-15-10-13(2)21-22-15)20-18(24)14-5-6-17(16(19)11-14)23-7-3-4-8-23/h5-6,10-12H,3-4,7-9H2,1-2H3,(H,20,24)(H,21,22). The molecule has 24 heavy (non-hydrogen) atoms. The summed E-state index contributed by atoms with van der Waals surface area (Å²) in [6.07, 6.45) is 3.08. The normalized spacial score (nSPS) is 15.5. The quantitative estimate of drug-likeness (QED) is 0.873. The molecule has 1 aromatic carbocycles. The fraction of sp³-hybridized carbons (Fsp3) is 0.444. The first-order valence-electron chi connectivity index (χ1n) is 8.39. The van der Waals surface area contributed by atoms with E-state index in [4.69, 9.17) is 11.6 Å². The Balaban J connectivity index is 1.63. The summed E-state index contributed by atoms with van der Waals surface area (Å²) in [7, 11) is 0. The Hall–Kier alpha value is -2.01. The molecule has 2 N–H and O–H groups in total. The maximum absolute atomic E-state index is 12.4. The van der Waals surface area contributed by atoms with Crippen LogP contribution in [0.15, 0.2) is 24.3 Å². The molecule has 1 aromatic heterocycles. The van der Waals surface area contributed by atoms with Crippen LogP contribution in [0.25, 0.3) is 0 Å². The lowest BCUT2D eigenvalue weighted by molar-refractivity contribution is 0.0940. The van der Waals surface area contributed by atoms with Gasteiger partial charge in [0.25, 0.3) is 5.91 Å². The summed E-state index contributed by atoms with van der Waals surface area (Å²) in [5, 5.41) is 10.8. The molecule has 0 spiro atoms. The molecule has 1 unspecified atom stereocenters. The predicted octanol–water partition coefficient (Wildman–Crippen LogP) is 3.33. The van der Waals surface area contributed by atoms with Gasteiger partial charge in [-0.15, -0.1) is 0 Å². The minimum Gasteiger partial charge on any atom is -0.370 e. The van der Waals surface area contributed by atoms with Gasteiger partial charge in [-0.1, -0.05) is 11.6 Å². The summed E-state index contributed by atoms with van der Waals surface area (Å²) < 4.78 is 0. The molecule has 2 heterocycles. The van der Waals surface area contributed by atoms with Crippen LogP contribution in [0.4, 0.5) is 5.69 Å². The maximum atomic E-state index is 12.4. The van der Waals surface area contributed by atoms with E-state index in [1.165, 1.54) is 12.8 Å². The van der Waals surface area contributed by atoms with Crippen LogP contribution < -0.4 is 10.2 Å². The molecule has 3 rings (SSSR count). The van der Waals surface area contributed by atoms with Gasteiger partial charge >= 0.3 is 0 Å². The van der Waals surface area contributed by atoms with E-state index in [2.05, 4.69) is 20.4 Å². The van der Waals surface area contributed by atoms with Crippen LogP contribution in [-0.4, -0.2) is 35.2 Å². The number of benzene rings is 1. The molecule has 1 saturated heterocycles. The summed E-state index contributed by atoms with van der Waals surface area (Å²) in [6.45, 7) is 6.00. The van der Waals surface area contributed by atoms with Gasteiger partial charge in [-0.25, -0.2) is 0 Å². The first-order chi connectivity index (χ1) is 11.5. The topological polar surface area (TPSA) is 61.0 Å². The van der Waals surface area contributed by atoms with Crippen molar-refractivity contribution in [2.45, 2.75) is 39.2 Å². The van der Waals surface area contributed by atoms with E-state index in [-0.39, 0.29) is 11.9 Å².